The topological polar surface area (TPSA) is 52.3 Å². The van der Waals surface area contributed by atoms with E-state index in [-0.39, 0.29) is 0 Å². The summed E-state index contributed by atoms with van der Waals surface area (Å²) in [4.78, 5) is 7.97. The predicted molar refractivity (Wildman–Crippen MR) is 62.3 cm³/mol. The summed E-state index contributed by atoms with van der Waals surface area (Å²) in [6, 6.07) is 11.0. The van der Waals surface area contributed by atoms with Gasteiger partial charge >= 0.3 is 0 Å². The van der Waals surface area contributed by atoms with E-state index in [0.29, 0.717) is 22.6 Å². The van der Waals surface area contributed by atoms with Crippen LogP contribution in [0.3, 0.4) is 0 Å². The van der Waals surface area contributed by atoms with E-state index in [1.165, 1.54) is 10.8 Å². The molecule has 3 aromatic rings. The van der Waals surface area contributed by atoms with Gasteiger partial charge in [-0.3, -0.25) is 0 Å². The maximum atomic E-state index is 5.87. The zero-order valence-corrected chi connectivity index (χ0v) is 9.37. The summed E-state index contributed by atoms with van der Waals surface area (Å²) in [5, 5.41) is 4.33. The fourth-order valence-electron chi connectivity index (χ4n) is 1.44. The van der Waals surface area contributed by atoms with Crippen molar-refractivity contribution in [2.24, 2.45) is 0 Å². The fourth-order valence-corrected chi connectivity index (χ4v) is 1.61. The van der Waals surface area contributed by atoms with Crippen LogP contribution in [0, 0.1) is 0 Å². The van der Waals surface area contributed by atoms with Gasteiger partial charge in [-0.2, -0.15) is 19.6 Å². The molecule has 0 fully saturated rings. The van der Waals surface area contributed by atoms with Gasteiger partial charge in [-0.15, -0.1) is 0 Å². The molecule has 0 amide bonds. The molecule has 0 aliphatic carbocycles. The highest BCUT2D eigenvalue weighted by molar-refractivity contribution is 6.29. The number of hydrogen-bond acceptors (Lipinski definition) is 4. The first-order chi connectivity index (χ1) is 8.33. The van der Waals surface area contributed by atoms with Crippen LogP contribution in [0.4, 0.5) is 0 Å². The van der Waals surface area contributed by atoms with Crippen molar-refractivity contribution < 1.29 is 4.74 Å². The summed E-state index contributed by atoms with van der Waals surface area (Å²) in [5.74, 6) is 1.58. The summed E-state index contributed by atoms with van der Waals surface area (Å²) >= 11 is 5.87. The van der Waals surface area contributed by atoms with Crippen molar-refractivity contribution >= 4 is 17.4 Å². The molecule has 0 N–H and O–H groups in total. The average molecular weight is 247 g/mol. The molecule has 2 aromatic heterocycles. The summed E-state index contributed by atoms with van der Waals surface area (Å²) in [7, 11) is 0. The van der Waals surface area contributed by atoms with Gasteiger partial charge in [0.05, 0.1) is 0 Å². The maximum Gasteiger partial charge on any atom is 0.256 e. The summed E-state index contributed by atoms with van der Waals surface area (Å²) in [6.45, 7) is 0. The largest absolute Gasteiger partial charge is 0.439 e. The number of ether oxygens (including phenoxy) is 1. The van der Waals surface area contributed by atoms with Crippen LogP contribution in [0.2, 0.25) is 5.15 Å². The van der Waals surface area contributed by atoms with Crippen LogP contribution in [0.1, 0.15) is 0 Å². The molecule has 0 aliphatic rings. The second-order valence-electron chi connectivity index (χ2n) is 3.30. The number of para-hydroxylation sites is 1. The third-order valence-corrected chi connectivity index (χ3v) is 2.35. The van der Waals surface area contributed by atoms with Gasteiger partial charge in [0, 0.05) is 6.07 Å². The van der Waals surface area contributed by atoms with Gasteiger partial charge in [-0.1, -0.05) is 29.8 Å². The van der Waals surface area contributed by atoms with Crippen molar-refractivity contribution in [3.8, 4) is 11.6 Å². The van der Waals surface area contributed by atoms with Gasteiger partial charge in [-0.25, -0.2) is 0 Å². The molecule has 17 heavy (non-hydrogen) atoms. The standard InChI is InChI=1S/C11H7ClN4O/c12-9-6-10(16-11(15-9)13-7-14-16)17-8-4-2-1-3-5-8/h1-7H. The minimum atomic E-state index is 0.316. The van der Waals surface area contributed by atoms with Crippen molar-refractivity contribution in [3.63, 3.8) is 0 Å². The zero-order valence-electron chi connectivity index (χ0n) is 8.62. The number of benzene rings is 1. The maximum absolute atomic E-state index is 5.87. The van der Waals surface area contributed by atoms with Crippen molar-refractivity contribution in [1.82, 2.24) is 19.6 Å². The number of hydrogen-bond donors (Lipinski definition) is 0. The first kappa shape index (κ1) is 10.0. The molecular weight excluding hydrogens is 240 g/mol. The van der Waals surface area contributed by atoms with Crippen molar-refractivity contribution in [1.29, 1.82) is 0 Å². The molecule has 0 atom stereocenters. The van der Waals surface area contributed by atoms with Gasteiger partial charge < -0.3 is 4.74 Å². The summed E-state index contributed by atoms with van der Waals surface area (Å²) in [6.07, 6.45) is 1.40. The van der Waals surface area contributed by atoms with Crippen LogP contribution >= 0.6 is 11.6 Å². The Morgan fingerprint density at radius 3 is 2.82 bits per heavy atom. The number of fused-ring (bicyclic) bond motifs is 1. The van der Waals surface area contributed by atoms with Gasteiger partial charge in [0.2, 0.25) is 5.88 Å². The normalized spacial score (nSPS) is 10.6. The molecule has 6 heteroatoms. The van der Waals surface area contributed by atoms with Crippen LogP contribution in [-0.4, -0.2) is 19.6 Å². The van der Waals surface area contributed by atoms with E-state index in [0.717, 1.165) is 0 Å². The molecule has 0 bridgehead atoms. The van der Waals surface area contributed by atoms with E-state index >= 15 is 0 Å². The number of rotatable bonds is 2. The minimum absolute atomic E-state index is 0.316. The Morgan fingerprint density at radius 2 is 2.00 bits per heavy atom. The smallest absolute Gasteiger partial charge is 0.256 e. The molecule has 0 aliphatic heterocycles. The molecule has 0 saturated heterocycles. The zero-order chi connectivity index (χ0) is 11.7. The monoisotopic (exact) mass is 246 g/mol. The first-order valence-corrected chi connectivity index (χ1v) is 5.30. The average Bonchev–Trinajstić information content (AvgIpc) is 2.78. The van der Waals surface area contributed by atoms with E-state index in [4.69, 9.17) is 16.3 Å². The quantitative estimate of drug-likeness (QED) is 0.652. The van der Waals surface area contributed by atoms with Crippen LogP contribution in [0.15, 0.2) is 42.7 Å². The molecule has 0 spiro atoms. The van der Waals surface area contributed by atoms with Crippen molar-refractivity contribution in [3.05, 3.63) is 47.9 Å². The molecule has 0 unspecified atom stereocenters. The van der Waals surface area contributed by atoms with E-state index in [9.17, 15) is 0 Å². The van der Waals surface area contributed by atoms with Gasteiger partial charge in [0.25, 0.3) is 5.78 Å². The molecule has 0 radical (unpaired) electrons. The minimum Gasteiger partial charge on any atom is -0.439 e. The molecule has 5 nitrogen and oxygen atoms in total. The molecule has 1 aromatic carbocycles. The third kappa shape index (κ3) is 1.92. The highest BCUT2D eigenvalue weighted by Crippen LogP contribution is 2.22. The molecular formula is C11H7ClN4O. The molecule has 2 heterocycles. The summed E-state index contributed by atoms with van der Waals surface area (Å²) < 4.78 is 7.15. The van der Waals surface area contributed by atoms with Gasteiger partial charge in [-0.05, 0) is 12.1 Å². The van der Waals surface area contributed by atoms with Crippen LogP contribution in [-0.2, 0) is 0 Å². The lowest BCUT2D eigenvalue weighted by molar-refractivity contribution is 0.446. The third-order valence-electron chi connectivity index (χ3n) is 2.15. The number of aromatic nitrogens is 4. The fraction of sp³-hybridized carbons (Fsp3) is 0. The van der Waals surface area contributed by atoms with Crippen LogP contribution in [0.5, 0.6) is 11.6 Å². The lowest BCUT2D eigenvalue weighted by Crippen LogP contribution is -1.97. The van der Waals surface area contributed by atoms with E-state index in [2.05, 4.69) is 15.1 Å². The number of halogens is 1. The molecule has 84 valence electrons. The predicted octanol–water partition coefficient (Wildman–Crippen LogP) is 2.57. The van der Waals surface area contributed by atoms with Crippen LogP contribution < -0.4 is 4.74 Å². The highest BCUT2D eigenvalue weighted by atomic mass is 35.5. The molecule has 0 saturated carbocycles. The second kappa shape index (κ2) is 4.03. The van der Waals surface area contributed by atoms with Crippen LogP contribution in [0.25, 0.3) is 5.78 Å². The molecule has 3 rings (SSSR count). The summed E-state index contributed by atoms with van der Waals surface area (Å²) in [5.41, 5.74) is 0. The van der Waals surface area contributed by atoms with Crippen molar-refractivity contribution in [2.75, 3.05) is 0 Å². The first-order valence-electron chi connectivity index (χ1n) is 4.92. The van der Waals surface area contributed by atoms with E-state index in [1.807, 2.05) is 30.3 Å². The van der Waals surface area contributed by atoms with Gasteiger partial charge in [0.15, 0.2) is 0 Å². The van der Waals surface area contributed by atoms with Gasteiger partial charge in [0.1, 0.15) is 17.2 Å². The lowest BCUT2D eigenvalue weighted by Gasteiger charge is -2.06. The van der Waals surface area contributed by atoms with E-state index in [1.54, 1.807) is 6.07 Å². The lowest BCUT2D eigenvalue weighted by atomic mass is 10.3. The van der Waals surface area contributed by atoms with E-state index < -0.39 is 0 Å². The highest BCUT2D eigenvalue weighted by Gasteiger charge is 2.08. The Labute approximate surface area is 102 Å². The Hall–Kier alpha value is -2.14. The Balaban J connectivity index is 2.08. The van der Waals surface area contributed by atoms with Crippen molar-refractivity contribution in [2.45, 2.75) is 0 Å². The second-order valence-corrected chi connectivity index (χ2v) is 3.69. The number of nitrogens with zero attached hydrogens (tertiary/aromatic N) is 4. The SMILES string of the molecule is Clc1cc(Oc2ccccc2)n2ncnc2n1. The Kier molecular flexibility index (Phi) is 2.38. The Bertz CT molecular complexity index is 653. The Morgan fingerprint density at radius 1 is 1.18 bits per heavy atom.